The third-order valence-electron chi connectivity index (χ3n) is 7.81. The molecule has 1 aliphatic heterocycles. The molecule has 3 aliphatic rings. The monoisotopic (exact) mass is 378 g/mol. The van der Waals surface area contributed by atoms with Gasteiger partial charge in [0.1, 0.15) is 5.60 Å². The maximum atomic E-state index is 13.2. The van der Waals surface area contributed by atoms with Crippen molar-refractivity contribution >= 4 is 22.1 Å². The Balaban J connectivity index is 1.87. The Hall–Kier alpha value is -0.356. The lowest BCUT2D eigenvalue weighted by Crippen LogP contribution is -2.62. The molecule has 0 aromatic carbocycles. The summed E-state index contributed by atoms with van der Waals surface area (Å²) < 4.78 is 6.58. The molecule has 0 radical (unpaired) electrons. The zero-order valence-electron chi connectivity index (χ0n) is 17.2. The Morgan fingerprint density at radius 2 is 1.64 bits per heavy atom. The van der Waals surface area contributed by atoms with Gasteiger partial charge in [0.25, 0.3) is 0 Å². The van der Waals surface area contributed by atoms with Crippen molar-refractivity contribution in [1.29, 1.82) is 0 Å². The standard InChI is InChI=1S/C21H38O2Si2/c1-7-21(8-2,20-24(3,4)12-9-13-25(20,5)6)23-19(22)18-15-16-10-11-17(18)14-16/h10-11,16-18,20H,7-9,12-15H2,1-6H3. The van der Waals surface area contributed by atoms with E-state index < -0.39 is 16.1 Å². The van der Waals surface area contributed by atoms with E-state index in [1.807, 2.05) is 0 Å². The van der Waals surface area contributed by atoms with Crippen LogP contribution in [0, 0.1) is 17.8 Å². The fraction of sp³-hybridized carbons (Fsp3) is 0.857. The second kappa shape index (κ2) is 6.67. The van der Waals surface area contributed by atoms with Gasteiger partial charge in [-0.25, -0.2) is 0 Å². The zero-order valence-corrected chi connectivity index (χ0v) is 19.2. The van der Waals surface area contributed by atoms with Crippen LogP contribution in [0.2, 0.25) is 43.4 Å². The molecule has 0 N–H and O–H groups in total. The first-order chi connectivity index (χ1) is 11.6. The first kappa shape index (κ1) is 19.4. The molecular formula is C21H38O2Si2. The highest BCUT2D eigenvalue weighted by Crippen LogP contribution is 2.54. The predicted octanol–water partition coefficient (Wildman–Crippen LogP) is 6.03. The molecule has 3 atom stereocenters. The van der Waals surface area contributed by atoms with Crippen molar-refractivity contribution in [1.82, 2.24) is 0 Å². The van der Waals surface area contributed by atoms with Crippen LogP contribution in [0.1, 0.15) is 46.0 Å². The van der Waals surface area contributed by atoms with Crippen LogP contribution in [0.25, 0.3) is 0 Å². The molecule has 25 heavy (non-hydrogen) atoms. The molecule has 0 aromatic heterocycles. The molecule has 142 valence electrons. The summed E-state index contributed by atoms with van der Waals surface area (Å²) in [4.78, 5) is 13.2. The lowest BCUT2D eigenvalue weighted by atomic mass is 9.92. The molecule has 0 aromatic rings. The van der Waals surface area contributed by atoms with Gasteiger partial charge in [-0.15, -0.1) is 0 Å². The molecule has 2 aliphatic carbocycles. The molecule has 2 nitrogen and oxygen atoms in total. The van der Waals surface area contributed by atoms with Crippen molar-refractivity contribution in [3.05, 3.63) is 12.2 Å². The van der Waals surface area contributed by atoms with Crippen LogP contribution in [-0.4, -0.2) is 27.7 Å². The Labute approximate surface area is 156 Å². The number of carbonyl (C=O) groups excluding carboxylic acids is 1. The Bertz CT molecular complexity index is 532. The second-order valence-electron chi connectivity index (χ2n) is 10.3. The predicted molar refractivity (Wildman–Crippen MR) is 111 cm³/mol. The van der Waals surface area contributed by atoms with Gasteiger partial charge in [0.15, 0.2) is 0 Å². The minimum absolute atomic E-state index is 0.126. The molecule has 4 heteroatoms. The van der Waals surface area contributed by atoms with Crippen LogP contribution in [0.5, 0.6) is 0 Å². The van der Waals surface area contributed by atoms with Gasteiger partial charge in [-0.2, -0.15) is 0 Å². The van der Waals surface area contributed by atoms with E-state index in [1.54, 1.807) is 0 Å². The summed E-state index contributed by atoms with van der Waals surface area (Å²) in [5.74, 6) is 1.34. The summed E-state index contributed by atoms with van der Waals surface area (Å²) in [7, 11) is -2.77. The van der Waals surface area contributed by atoms with Gasteiger partial charge in [0.2, 0.25) is 0 Å². The van der Waals surface area contributed by atoms with Crippen molar-refractivity contribution < 1.29 is 9.53 Å². The number of carbonyl (C=O) groups is 1. The van der Waals surface area contributed by atoms with Gasteiger partial charge in [-0.3, -0.25) is 4.79 Å². The first-order valence-corrected chi connectivity index (χ1v) is 17.1. The van der Waals surface area contributed by atoms with Crippen LogP contribution in [0.4, 0.5) is 0 Å². The van der Waals surface area contributed by atoms with Gasteiger partial charge in [-0.1, -0.05) is 70.7 Å². The Morgan fingerprint density at radius 1 is 1.04 bits per heavy atom. The van der Waals surface area contributed by atoms with Crippen LogP contribution >= 0.6 is 0 Å². The Kier molecular flexibility index (Phi) is 5.18. The normalized spacial score (nSPS) is 33.6. The third-order valence-corrected chi connectivity index (χ3v) is 20.0. The average molecular weight is 379 g/mol. The van der Waals surface area contributed by atoms with E-state index in [4.69, 9.17) is 4.74 Å². The lowest BCUT2D eigenvalue weighted by Gasteiger charge is -2.55. The molecule has 1 saturated heterocycles. The number of rotatable bonds is 5. The highest BCUT2D eigenvalue weighted by Gasteiger charge is 2.57. The van der Waals surface area contributed by atoms with Crippen LogP contribution in [0.3, 0.4) is 0 Å². The van der Waals surface area contributed by atoms with Crippen LogP contribution in [0.15, 0.2) is 12.2 Å². The number of esters is 1. The minimum atomic E-state index is -1.39. The Morgan fingerprint density at radius 3 is 2.08 bits per heavy atom. The molecule has 3 rings (SSSR count). The van der Waals surface area contributed by atoms with E-state index in [2.05, 4.69) is 52.2 Å². The van der Waals surface area contributed by atoms with Crippen molar-refractivity contribution in [2.45, 2.75) is 95.0 Å². The number of allylic oxidation sites excluding steroid dienone is 2. The smallest absolute Gasteiger partial charge is 0.310 e. The minimum Gasteiger partial charge on any atom is -0.459 e. The van der Waals surface area contributed by atoms with E-state index in [1.165, 1.54) is 24.9 Å². The van der Waals surface area contributed by atoms with Crippen LogP contribution in [-0.2, 0) is 9.53 Å². The highest BCUT2D eigenvalue weighted by molar-refractivity contribution is 6.98. The molecule has 3 unspecified atom stereocenters. The number of hydrogen-bond acceptors (Lipinski definition) is 2. The number of ether oxygens (including phenoxy) is 1. The largest absolute Gasteiger partial charge is 0.459 e. The molecule has 2 fully saturated rings. The van der Waals surface area contributed by atoms with Gasteiger partial charge in [-0.05, 0) is 42.7 Å². The van der Waals surface area contributed by atoms with Gasteiger partial charge >= 0.3 is 5.97 Å². The number of hydrogen-bond donors (Lipinski definition) is 0. The summed E-state index contributed by atoms with van der Waals surface area (Å²) in [6.07, 6.45) is 10.2. The average Bonchev–Trinajstić information content (AvgIpc) is 3.15. The van der Waals surface area contributed by atoms with Gasteiger partial charge in [0.05, 0.1) is 22.1 Å². The van der Waals surface area contributed by atoms with E-state index in [9.17, 15) is 4.79 Å². The van der Waals surface area contributed by atoms with Crippen molar-refractivity contribution in [3.63, 3.8) is 0 Å². The highest BCUT2D eigenvalue weighted by atomic mass is 28.4. The molecule has 2 bridgehead atoms. The summed E-state index contributed by atoms with van der Waals surface area (Å²) in [5, 5.41) is 0.689. The SMILES string of the molecule is CCC(CC)(OC(=O)C1CC2C=CC1C2)C1[Si](C)(C)CCC[Si]1(C)C. The molecule has 0 amide bonds. The first-order valence-electron chi connectivity index (χ1n) is 10.6. The fourth-order valence-electron chi connectivity index (χ4n) is 6.96. The summed E-state index contributed by atoms with van der Waals surface area (Å²) in [5.41, 5.74) is -0.200. The molecule has 1 saturated carbocycles. The zero-order chi connectivity index (χ0) is 18.5. The van der Waals surface area contributed by atoms with Crippen molar-refractivity contribution in [3.8, 4) is 0 Å². The number of fused-ring (bicyclic) bond motifs is 2. The summed E-state index contributed by atoms with van der Waals surface area (Å²) in [6.45, 7) is 14.8. The van der Waals surface area contributed by atoms with E-state index >= 15 is 0 Å². The van der Waals surface area contributed by atoms with Crippen molar-refractivity contribution in [2.75, 3.05) is 0 Å². The summed E-state index contributed by atoms with van der Waals surface area (Å²) in [6, 6.07) is 2.81. The van der Waals surface area contributed by atoms with E-state index in [0.717, 1.165) is 19.3 Å². The van der Waals surface area contributed by atoms with Gasteiger partial charge < -0.3 is 4.74 Å². The molecule has 0 spiro atoms. The summed E-state index contributed by atoms with van der Waals surface area (Å²) >= 11 is 0. The third kappa shape index (κ3) is 3.33. The topological polar surface area (TPSA) is 26.3 Å². The quantitative estimate of drug-likeness (QED) is 0.331. The second-order valence-corrected chi connectivity index (χ2v) is 21.0. The molecule has 1 heterocycles. The van der Waals surface area contributed by atoms with E-state index in [0.29, 0.717) is 17.0 Å². The maximum Gasteiger partial charge on any atom is 0.310 e. The maximum absolute atomic E-state index is 13.2. The van der Waals surface area contributed by atoms with Crippen LogP contribution < -0.4 is 0 Å². The molecular weight excluding hydrogens is 340 g/mol. The van der Waals surface area contributed by atoms with Crippen molar-refractivity contribution in [2.24, 2.45) is 17.8 Å². The van der Waals surface area contributed by atoms with Gasteiger partial charge in [0, 0.05) is 0 Å². The fourth-order valence-corrected chi connectivity index (χ4v) is 23.2. The van der Waals surface area contributed by atoms with E-state index in [-0.39, 0.29) is 17.5 Å². The lowest BCUT2D eigenvalue weighted by molar-refractivity contribution is -0.166.